The van der Waals surface area contributed by atoms with Crippen LogP contribution in [0.25, 0.3) is 0 Å². The fourth-order valence-electron chi connectivity index (χ4n) is 2.92. The molecule has 0 bridgehead atoms. The Morgan fingerprint density at radius 2 is 2.04 bits per heavy atom. The minimum absolute atomic E-state index is 0. The largest absolute Gasteiger partial charge is 0.367 e. The van der Waals surface area contributed by atoms with Crippen molar-refractivity contribution in [3.05, 3.63) is 47.0 Å². The van der Waals surface area contributed by atoms with Crippen LogP contribution in [0.1, 0.15) is 21.7 Å². The summed E-state index contributed by atoms with van der Waals surface area (Å²) in [5.41, 5.74) is 2.63. The van der Waals surface area contributed by atoms with Crippen molar-refractivity contribution < 1.29 is 9.18 Å². The third-order valence-electron chi connectivity index (χ3n) is 4.16. The molecule has 0 saturated carbocycles. The number of aromatic nitrogens is 2. The summed E-state index contributed by atoms with van der Waals surface area (Å²) in [6, 6.07) is 6.86. The first-order valence-electron chi connectivity index (χ1n) is 8.07. The van der Waals surface area contributed by atoms with Crippen molar-refractivity contribution >= 4 is 24.0 Å². The van der Waals surface area contributed by atoms with E-state index in [0.717, 1.165) is 37.4 Å². The molecule has 0 spiro atoms. The van der Waals surface area contributed by atoms with Crippen LogP contribution in [0, 0.1) is 12.7 Å². The molecular formula is C17H23ClFN5O. The molecule has 0 aliphatic carbocycles. The molecule has 0 atom stereocenters. The van der Waals surface area contributed by atoms with Crippen molar-refractivity contribution in [1.82, 2.24) is 20.4 Å². The molecule has 1 aromatic carbocycles. The molecule has 1 fully saturated rings. The Labute approximate surface area is 152 Å². The van der Waals surface area contributed by atoms with Gasteiger partial charge in [0.25, 0.3) is 5.91 Å². The number of hydrogen-bond donors (Lipinski definition) is 2. The zero-order valence-electron chi connectivity index (χ0n) is 14.4. The lowest BCUT2D eigenvalue weighted by Gasteiger charge is -2.29. The molecule has 136 valence electrons. The van der Waals surface area contributed by atoms with Gasteiger partial charge < -0.3 is 15.5 Å². The lowest BCUT2D eigenvalue weighted by atomic mass is 10.1. The smallest absolute Gasteiger partial charge is 0.269 e. The van der Waals surface area contributed by atoms with E-state index in [9.17, 15) is 9.18 Å². The molecule has 1 aromatic heterocycles. The number of rotatable bonds is 4. The summed E-state index contributed by atoms with van der Waals surface area (Å²) >= 11 is 0. The highest BCUT2D eigenvalue weighted by molar-refractivity contribution is 5.92. The maximum atomic E-state index is 14.4. The SMILES string of the molecule is Cc1cc(C(=O)NCc2ccc(N3CCNCC3)c(F)c2)n(C)n1.Cl. The number of nitrogens with zero attached hydrogens (tertiary/aromatic N) is 3. The highest BCUT2D eigenvalue weighted by atomic mass is 35.5. The van der Waals surface area contributed by atoms with Crippen LogP contribution in [0.2, 0.25) is 0 Å². The van der Waals surface area contributed by atoms with Crippen LogP contribution in [0.4, 0.5) is 10.1 Å². The molecular weight excluding hydrogens is 345 g/mol. The molecule has 6 nitrogen and oxygen atoms in total. The molecule has 25 heavy (non-hydrogen) atoms. The van der Waals surface area contributed by atoms with Crippen LogP contribution >= 0.6 is 12.4 Å². The maximum absolute atomic E-state index is 14.4. The van der Waals surface area contributed by atoms with Gasteiger partial charge in [0.05, 0.1) is 11.4 Å². The van der Waals surface area contributed by atoms with E-state index in [-0.39, 0.29) is 30.7 Å². The standard InChI is InChI=1S/C17H22FN5O.ClH/c1-12-9-16(22(2)21-12)17(24)20-11-13-3-4-15(14(18)10-13)23-7-5-19-6-8-23;/h3-4,9-10,19H,5-8,11H2,1-2H3,(H,20,24);1H. The number of aryl methyl sites for hydroxylation is 2. The molecule has 1 aliphatic rings. The molecule has 2 heterocycles. The van der Waals surface area contributed by atoms with Crippen molar-refractivity contribution in [2.45, 2.75) is 13.5 Å². The number of nitrogens with one attached hydrogen (secondary N) is 2. The quantitative estimate of drug-likeness (QED) is 0.862. The third-order valence-corrected chi connectivity index (χ3v) is 4.16. The van der Waals surface area contributed by atoms with E-state index in [0.29, 0.717) is 11.4 Å². The van der Waals surface area contributed by atoms with Gasteiger partial charge in [-0.05, 0) is 30.7 Å². The van der Waals surface area contributed by atoms with Gasteiger partial charge >= 0.3 is 0 Å². The lowest BCUT2D eigenvalue weighted by molar-refractivity contribution is 0.0941. The Bertz CT molecular complexity index is 743. The summed E-state index contributed by atoms with van der Waals surface area (Å²) in [5.74, 6) is -0.468. The summed E-state index contributed by atoms with van der Waals surface area (Å²) in [6.45, 7) is 5.44. The second kappa shape index (κ2) is 8.31. The highest BCUT2D eigenvalue weighted by Gasteiger charge is 2.15. The van der Waals surface area contributed by atoms with Gasteiger partial charge in [-0.2, -0.15) is 5.10 Å². The number of halogens is 2. The van der Waals surface area contributed by atoms with Crippen LogP contribution in [0.5, 0.6) is 0 Å². The molecule has 1 saturated heterocycles. The molecule has 0 radical (unpaired) electrons. The fraction of sp³-hybridized carbons (Fsp3) is 0.412. The molecule has 0 unspecified atom stereocenters. The molecule has 8 heteroatoms. The van der Waals surface area contributed by atoms with Gasteiger partial charge in [0.2, 0.25) is 0 Å². The van der Waals surface area contributed by atoms with Gasteiger partial charge in [0, 0.05) is 39.8 Å². The van der Waals surface area contributed by atoms with Crippen molar-refractivity contribution in [1.29, 1.82) is 0 Å². The summed E-state index contributed by atoms with van der Waals surface area (Å²) in [6.07, 6.45) is 0. The van der Waals surface area contributed by atoms with Crippen LogP contribution in [-0.2, 0) is 13.6 Å². The van der Waals surface area contributed by atoms with Gasteiger partial charge in [-0.15, -0.1) is 12.4 Å². The van der Waals surface area contributed by atoms with Crippen LogP contribution in [-0.4, -0.2) is 41.9 Å². The normalized spacial score (nSPS) is 14.1. The highest BCUT2D eigenvalue weighted by Crippen LogP contribution is 2.21. The second-order valence-electron chi connectivity index (χ2n) is 6.00. The van der Waals surface area contributed by atoms with Gasteiger partial charge in [-0.1, -0.05) is 6.07 Å². The summed E-state index contributed by atoms with van der Waals surface area (Å²) < 4.78 is 15.9. The van der Waals surface area contributed by atoms with Crippen molar-refractivity contribution in [3.8, 4) is 0 Å². The van der Waals surface area contributed by atoms with Crippen LogP contribution in [0.3, 0.4) is 0 Å². The van der Waals surface area contributed by atoms with E-state index >= 15 is 0 Å². The zero-order valence-corrected chi connectivity index (χ0v) is 15.2. The van der Waals surface area contributed by atoms with Crippen molar-refractivity contribution in [2.75, 3.05) is 31.1 Å². The molecule has 3 rings (SSSR count). The first-order valence-corrected chi connectivity index (χ1v) is 8.07. The minimum atomic E-state index is -0.250. The average Bonchev–Trinajstić information content (AvgIpc) is 2.92. The number of amides is 1. The number of carbonyl (C=O) groups is 1. The Morgan fingerprint density at radius 1 is 1.32 bits per heavy atom. The summed E-state index contributed by atoms with van der Waals surface area (Å²) in [7, 11) is 1.73. The van der Waals surface area contributed by atoms with Gasteiger partial charge in [-0.25, -0.2) is 4.39 Å². The number of anilines is 1. The predicted molar refractivity (Wildman–Crippen MR) is 97.8 cm³/mol. The lowest BCUT2D eigenvalue weighted by Crippen LogP contribution is -2.43. The Kier molecular flexibility index (Phi) is 6.39. The first kappa shape index (κ1) is 19.2. The van der Waals surface area contributed by atoms with E-state index in [1.54, 1.807) is 23.9 Å². The van der Waals surface area contributed by atoms with E-state index < -0.39 is 0 Å². The predicted octanol–water partition coefficient (Wildman–Crippen LogP) is 1.63. The maximum Gasteiger partial charge on any atom is 0.269 e. The summed E-state index contributed by atoms with van der Waals surface area (Å²) in [4.78, 5) is 14.2. The van der Waals surface area contributed by atoms with E-state index in [1.807, 2.05) is 17.9 Å². The van der Waals surface area contributed by atoms with Crippen LogP contribution in [0.15, 0.2) is 24.3 Å². The fourth-order valence-corrected chi connectivity index (χ4v) is 2.92. The second-order valence-corrected chi connectivity index (χ2v) is 6.00. The summed E-state index contributed by atoms with van der Waals surface area (Å²) in [5, 5.41) is 10.2. The van der Waals surface area contributed by atoms with E-state index in [4.69, 9.17) is 0 Å². The molecule has 2 aromatic rings. The number of carbonyl (C=O) groups excluding carboxylic acids is 1. The van der Waals surface area contributed by atoms with Gasteiger partial charge in [0.15, 0.2) is 0 Å². The first-order chi connectivity index (χ1) is 11.5. The van der Waals surface area contributed by atoms with Crippen molar-refractivity contribution in [3.63, 3.8) is 0 Å². The molecule has 1 aliphatic heterocycles. The van der Waals surface area contributed by atoms with Gasteiger partial charge in [-0.3, -0.25) is 9.48 Å². The zero-order chi connectivity index (χ0) is 17.1. The van der Waals surface area contributed by atoms with E-state index in [1.165, 1.54) is 6.07 Å². The topological polar surface area (TPSA) is 62.2 Å². The Hall–Kier alpha value is -2.12. The Morgan fingerprint density at radius 3 is 2.64 bits per heavy atom. The third kappa shape index (κ3) is 4.49. The van der Waals surface area contributed by atoms with Crippen molar-refractivity contribution in [2.24, 2.45) is 7.05 Å². The molecule has 1 amide bonds. The average molecular weight is 368 g/mol. The Balaban J connectivity index is 0.00000225. The molecule has 2 N–H and O–H groups in total. The number of piperazine rings is 1. The van der Waals surface area contributed by atoms with E-state index in [2.05, 4.69) is 15.7 Å². The van der Waals surface area contributed by atoms with Gasteiger partial charge in [0.1, 0.15) is 11.5 Å². The minimum Gasteiger partial charge on any atom is -0.367 e. The number of benzene rings is 1. The number of hydrogen-bond acceptors (Lipinski definition) is 4. The monoisotopic (exact) mass is 367 g/mol. The van der Waals surface area contributed by atoms with Crippen LogP contribution < -0.4 is 15.5 Å².